The first-order valence-electron chi connectivity index (χ1n) is 13.1. The number of amides is 4. The Hall–Kier alpha value is -5.13. The molecule has 0 bridgehead atoms. The summed E-state index contributed by atoms with van der Waals surface area (Å²) in [5.41, 5.74) is 0.494. The molecule has 12 heteroatoms. The summed E-state index contributed by atoms with van der Waals surface area (Å²) in [5.74, 6) is -3.31. The summed E-state index contributed by atoms with van der Waals surface area (Å²) in [4.78, 5) is 79.2. The monoisotopic (exact) mass is 560 g/mol. The SMILES string of the molecule is CCNC(=O)C(=O)CC[C@H](NC(=O)c1cccnc1)C(=O)Nc1cccn(CC(=O)NCCc2ccccc2)c1=O. The number of anilines is 1. The van der Waals surface area contributed by atoms with Crippen LogP contribution in [0.5, 0.6) is 0 Å². The van der Waals surface area contributed by atoms with E-state index in [2.05, 4.69) is 26.3 Å². The lowest BCUT2D eigenvalue weighted by atomic mass is 10.1. The second-order valence-corrected chi connectivity index (χ2v) is 9.02. The summed E-state index contributed by atoms with van der Waals surface area (Å²) in [6.07, 6.45) is 4.33. The molecule has 12 nitrogen and oxygen atoms in total. The summed E-state index contributed by atoms with van der Waals surface area (Å²) in [7, 11) is 0. The molecule has 1 aromatic carbocycles. The van der Waals surface area contributed by atoms with E-state index >= 15 is 0 Å². The van der Waals surface area contributed by atoms with Crippen LogP contribution in [0.25, 0.3) is 0 Å². The van der Waals surface area contributed by atoms with E-state index in [1.165, 1.54) is 36.8 Å². The lowest BCUT2D eigenvalue weighted by molar-refractivity contribution is -0.138. The van der Waals surface area contributed by atoms with Crippen LogP contribution in [0, 0.1) is 0 Å². The molecule has 0 radical (unpaired) electrons. The number of aromatic nitrogens is 2. The maximum Gasteiger partial charge on any atom is 0.287 e. The summed E-state index contributed by atoms with van der Waals surface area (Å²) in [5, 5.41) is 10.2. The van der Waals surface area contributed by atoms with Gasteiger partial charge in [-0.3, -0.25) is 33.8 Å². The standard InChI is InChI=1S/C29H32N6O6/c1-2-31-28(40)24(36)13-12-22(33-26(38)21-10-6-15-30-18-21)27(39)34-23-11-7-17-35(29(23)41)19-25(37)32-16-14-20-8-4-3-5-9-20/h3-11,15,17-18,22H,2,12-14,16,19H2,1H3,(H,31,40)(H,32,37)(H,33,38)(H,34,39)/t22-/m0/s1. The molecule has 2 heterocycles. The Balaban J connectivity index is 1.67. The number of nitrogens with one attached hydrogen (secondary N) is 4. The average Bonchev–Trinajstić information content (AvgIpc) is 2.98. The molecule has 3 rings (SSSR count). The van der Waals surface area contributed by atoms with Crippen molar-refractivity contribution in [1.82, 2.24) is 25.5 Å². The molecular weight excluding hydrogens is 528 g/mol. The highest BCUT2D eigenvalue weighted by molar-refractivity contribution is 6.36. The fourth-order valence-electron chi connectivity index (χ4n) is 3.83. The summed E-state index contributed by atoms with van der Waals surface area (Å²) >= 11 is 0. The van der Waals surface area contributed by atoms with Gasteiger partial charge in [0.2, 0.25) is 17.6 Å². The first kappa shape index (κ1) is 30.4. The van der Waals surface area contributed by atoms with Crippen molar-refractivity contribution in [2.24, 2.45) is 0 Å². The van der Waals surface area contributed by atoms with E-state index in [1.54, 1.807) is 13.0 Å². The van der Waals surface area contributed by atoms with Crippen LogP contribution in [0.2, 0.25) is 0 Å². The predicted molar refractivity (Wildman–Crippen MR) is 151 cm³/mol. The van der Waals surface area contributed by atoms with Crippen LogP contribution in [-0.4, -0.2) is 58.1 Å². The molecular formula is C29H32N6O6. The predicted octanol–water partition coefficient (Wildman–Crippen LogP) is 0.825. The van der Waals surface area contributed by atoms with E-state index in [-0.39, 0.29) is 43.1 Å². The number of Topliss-reactive ketones (excluding diaryl/α,β-unsaturated/α-hetero) is 1. The molecule has 0 saturated heterocycles. The van der Waals surface area contributed by atoms with E-state index < -0.39 is 35.1 Å². The van der Waals surface area contributed by atoms with Gasteiger partial charge in [-0.15, -0.1) is 0 Å². The number of hydrogen-bond acceptors (Lipinski definition) is 7. The second kappa shape index (κ2) is 15.5. The maximum absolute atomic E-state index is 13.2. The van der Waals surface area contributed by atoms with Crippen molar-refractivity contribution in [2.45, 2.75) is 38.8 Å². The van der Waals surface area contributed by atoms with Crippen LogP contribution in [0.15, 0.2) is 78.0 Å². The molecule has 214 valence electrons. The van der Waals surface area contributed by atoms with Crippen LogP contribution in [0.4, 0.5) is 5.69 Å². The van der Waals surface area contributed by atoms with Crippen molar-refractivity contribution in [3.8, 4) is 0 Å². The Bertz CT molecular complexity index is 1420. The van der Waals surface area contributed by atoms with Crippen molar-refractivity contribution < 1.29 is 24.0 Å². The van der Waals surface area contributed by atoms with E-state index in [0.717, 1.165) is 10.1 Å². The highest BCUT2D eigenvalue weighted by atomic mass is 16.2. The van der Waals surface area contributed by atoms with Gasteiger partial charge in [-0.2, -0.15) is 0 Å². The molecule has 2 aromatic heterocycles. The van der Waals surface area contributed by atoms with Gasteiger partial charge in [-0.25, -0.2) is 0 Å². The normalized spacial score (nSPS) is 11.1. The Morgan fingerprint density at radius 3 is 2.44 bits per heavy atom. The van der Waals surface area contributed by atoms with Crippen LogP contribution in [0.1, 0.15) is 35.7 Å². The van der Waals surface area contributed by atoms with E-state index in [0.29, 0.717) is 13.0 Å². The molecule has 1 atom stereocenters. The van der Waals surface area contributed by atoms with Gasteiger partial charge in [0.1, 0.15) is 18.3 Å². The van der Waals surface area contributed by atoms with E-state index in [1.807, 2.05) is 30.3 Å². The van der Waals surface area contributed by atoms with E-state index in [9.17, 15) is 28.8 Å². The van der Waals surface area contributed by atoms with Crippen LogP contribution in [0.3, 0.4) is 0 Å². The van der Waals surface area contributed by atoms with Gasteiger partial charge >= 0.3 is 0 Å². The molecule has 0 aliphatic heterocycles. The quantitative estimate of drug-likeness (QED) is 0.212. The van der Waals surface area contributed by atoms with Gasteiger partial charge in [0, 0.05) is 38.1 Å². The fraction of sp³-hybridized carbons (Fsp3) is 0.276. The summed E-state index contributed by atoms with van der Waals surface area (Å²) in [6.45, 7) is 2.05. The molecule has 4 N–H and O–H groups in total. The molecule has 3 aromatic rings. The Kier molecular flexibility index (Phi) is 11.5. The minimum Gasteiger partial charge on any atom is -0.354 e. The molecule has 41 heavy (non-hydrogen) atoms. The Morgan fingerprint density at radius 2 is 1.73 bits per heavy atom. The number of carbonyl (C=O) groups excluding carboxylic acids is 5. The highest BCUT2D eigenvalue weighted by Gasteiger charge is 2.25. The van der Waals surface area contributed by atoms with Crippen molar-refractivity contribution in [3.05, 3.63) is 94.7 Å². The number of pyridine rings is 2. The Labute approximate surface area is 236 Å². The number of ketones is 1. The molecule has 0 aliphatic rings. The van der Waals surface area contributed by atoms with Crippen molar-refractivity contribution in [2.75, 3.05) is 18.4 Å². The molecule has 0 unspecified atom stereocenters. The van der Waals surface area contributed by atoms with Crippen molar-refractivity contribution in [3.63, 3.8) is 0 Å². The van der Waals surface area contributed by atoms with Crippen LogP contribution >= 0.6 is 0 Å². The van der Waals surface area contributed by atoms with E-state index in [4.69, 9.17) is 0 Å². The first-order chi connectivity index (χ1) is 19.8. The van der Waals surface area contributed by atoms with Gasteiger partial charge in [0.05, 0.1) is 5.56 Å². The second-order valence-electron chi connectivity index (χ2n) is 9.02. The zero-order valence-corrected chi connectivity index (χ0v) is 22.6. The summed E-state index contributed by atoms with van der Waals surface area (Å²) in [6, 6.07) is 14.3. The minimum absolute atomic E-state index is 0.120. The van der Waals surface area contributed by atoms with Crippen molar-refractivity contribution in [1.29, 1.82) is 0 Å². The third-order valence-electron chi connectivity index (χ3n) is 5.97. The van der Waals surface area contributed by atoms with Gasteiger partial charge in [0.15, 0.2) is 0 Å². The van der Waals surface area contributed by atoms with Gasteiger partial charge < -0.3 is 25.8 Å². The number of likely N-dealkylation sites (N-methyl/N-ethyl adjacent to an activating group) is 1. The Morgan fingerprint density at radius 1 is 0.951 bits per heavy atom. The molecule has 0 saturated carbocycles. The lowest BCUT2D eigenvalue weighted by Crippen LogP contribution is -2.45. The molecule has 0 aliphatic carbocycles. The smallest absolute Gasteiger partial charge is 0.287 e. The summed E-state index contributed by atoms with van der Waals surface area (Å²) < 4.78 is 1.15. The third kappa shape index (κ3) is 9.53. The molecule has 0 spiro atoms. The largest absolute Gasteiger partial charge is 0.354 e. The average molecular weight is 561 g/mol. The molecule has 4 amide bonds. The zero-order chi connectivity index (χ0) is 29.6. The minimum atomic E-state index is -1.25. The number of hydrogen-bond donors (Lipinski definition) is 4. The van der Waals surface area contributed by atoms with Gasteiger partial charge in [-0.1, -0.05) is 30.3 Å². The number of nitrogens with zero attached hydrogens (tertiary/aromatic N) is 2. The number of rotatable bonds is 14. The van der Waals surface area contributed by atoms with Gasteiger partial charge in [0.25, 0.3) is 17.4 Å². The number of carbonyl (C=O) groups is 5. The van der Waals surface area contributed by atoms with Crippen molar-refractivity contribution >= 4 is 35.1 Å². The van der Waals surface area contributed by atoms with Gasteiger partial charge in [-0.05, 0) is 49.6 Å². The van der Waals surface area contributed by atoms with Crippen LogP contribution < -0.4 is 26.8 Å². The fourth-order valence-corrected chi connectivity index (χ4v) is 3.83. The topological polar surface area (TPSA) is 168 Å². The zero-order valence-electron chi connectivity index (χ0n) is 22.6. The lowest BCUT2D eigenvalue weighted by Gasteiger charge is -2.18. The number of benzene rings is 1. The first-order valence-corrected chi connectivity index (χ1v) is 13.1. The maximum atomic E-state index is 13.2. The van der Waals surface area contributed by atoms with Crippen LogP contribution in [-0.2, 0) is 32.1 Å². The molecule has 0 fully saturated rings. The third-order valence-corrected chi connectivity index (χ3v) is 5.97. The highest BCUT2D eigenvalue weighted by Crippen LogP contribution is 2.07.